The molecule has 0 saturated carbocycles. The molecule has 0 fully saturated rings. The fourth-order valence-electron chi connectivity index (χ4n) is 2.83. The average molecular weight is 205 g/mol. The zero-order valence-corrected chi connectivity index (χ0v) is 9.58. The molecule has 0 spiro atoms. The lowest BCUT2D eigenvalue weighted by Crippen LogP contribution is -2.21. The second-order valence-electron chi connectivity index (χ2n) is 5.00. The molecule has 1 aromatic rings. The van der Waals surface area contributed by atoms with Crippen LogP contribution in [0.3, 0.4) is 0 Å². The van der Waals surface area contributed by atoms with Gasteiger partial charge in [0.15, 0.2) is 0 Å². The molecular formula is C12H19N3. The number of aromatic nitrogens is 2. The van der Waals surface area contributed by atoms with Gasteiger partial charge in [-0.3, -0.25) is 0 Å². The molecule has 2 unspecified atom stereocenters. The van der Waals surface area contributed by atoms with Crippen molar-refractivity contribution in [2.45, 2.75) is 45.6 Å². The zero-order chi connectivity index (χ0) is 10.4. The predicted molar refractivity (Wildman–Crippen MR) is 61.2 cm³/mol. The fourth-order valence-corrected chi connectivity index (χ4v) is 2.83. The summed E-state index contributed by atoms with van der Waals surface area (Å²) in [5.41, 5.74) is 2.86. The Kier molecular flexibility index (Phi) is 2.01. The van der Waals surface area contributed by atoms with Crippen LogP contribution in [0, 0.1) is 5.92 Å². The van der Waals surface area contributed by atoms with E-state index in [9.17, 15) is 0 Å². The van der Waals surface area contributed by atoms with Gasteiger partial charge in [0.1, 0.15) is 0 Å². The maximum Gasteiger partial charge on any atom is 0.203 e. The van der Waals surface area contributed by atoms with Crippen LogP contribution in [0.15, 0.2) is 0 Å². The third-order valence-electron chi connectivity index (χ3n) is 4.07. The Morgan fingerprint density at radius 3 is 3.13 bits per heavy atom. The van der Waals surface area contributed by atoms with Crippen molar-refractivity contribution in [3.8, 4) is 0 Å². The number of hydrogen-bond donors (Lipinski definition) is 1. The molecule has 0 aromatic carbocycles. The van der Waals surface area contributed by atoms with Crippen LogP contribution in [0.4, 0.5) is 5.95 Å². The molecule has 3 heteroatoms. The highest BCUT2D eigenvalue weighted by Gasteiger charge is 2.29. The second kappa shape index (κ2) is 3.26. The first-order valence-electron chi connectivity index (χ1n) is 6.10. The molecule has 1 aromatic heterocycles. The van der Waals surface area contributed by atoms with Gasteiger partial charge in [-0.05, 0) is 25.2 Å². The van der Waals surface area contributed by atoms with E-state index in [-0.39, 0.29) is 0 Å². The number of nitrogens with one attached hydrogen (secondary N) is 1. The van der Waals surface area contributed by atoms with Crippen molar-refractivity contribution in [3.63, 3.8) is 0 Å². The van der Waals surface area contributed by atoms with E-state index in [2.05, 4.69) is 23.7 Å². The molecule has 0 saturated heterocycles. The lowest BCUT2D eigenvalue weighted by atomic mass is 9.82. The standard InChI is InChI=1S/C12H19N3/c1-8-4-5-10-11(9(8)2)14-12-13-6-3-7-15(10)12/h8-9H,3-7H2,1-2H3,(H,13,14). The summed E-state index contributed by atoms with van der Waals surface area (Å²) in [6, 6.07) is 0. The minimum absolute atomic E-state index is 0.633. The molecule has 1 aliphatic carbocycles. The molecule has 0 amide bonds. The molecule has 2 heterocycles. The molecule has 1 N–H and O–H groups in total. The summed E-state index contributed by atoms with van der Waals surface area (Å²) in [5.74, 6) is 2.54. The van der Waals surface area contributed by atoms with E-state index in [0.717, 1.165) is 25.0 Å². The first-order valence-corrected chi connectivity index (χ1v) is 6.10. The normalized spacial score (nSPS) is 29.2. The predicted octanol–water partition coefficient (Wildman–Crippen LogP) is 2.38. The number of imidazole rings is 1. The quantitative estimate of drug-likeness (QED) is 0.704. The molecule has 2 atom stereocenters. The molecule has 3 nitrogen and oxygen atoms in total. The third-order valence-corrected chi connectivity index (χ3v) is 4.07. The number of rotatable bonds is 0. The summed E-state index contributed by atoms with van der Waals surface area (Å²) in [6.45, 7) is 6.91. The molecule has 3 rings (SSSR count). The summed E-state index contributed by atoms with van der Waals surface area (Å²) in [5, 5.41) is 3.41. The van der Waals surface area contributed by atoms with Crippen molar-refractivity contribution in [2.24, 2.45) is 5.92 Å². The van der Waals surface area contributed by atoms with Crippen molar-refractivity contribution < 1.29 is 0 Å². The van der Waals surface area contributed by atoms with Crippen molar-refractivity contribution >= 4 is 5.95 Å². The first-order chi connectivity index (χ1) is 7.27. The smallest absolute Gasteiger partial charge is 0.203 e. The SMILES string of the molecule is CC1CCc2c(nc3n2CCCN3)C1C. The second-order valence-corrected chi connectivity index (χ2v) is 5.00. The number of nitrogens with zero attached hydrogens (tertiary/aromatic N) is 2. The Morgan fingerprint density at radius 1 is 1.40 bits per heavy atom. The average Bonchev–Trinajstić information content (AvgIpc) is 2.63. The van der Waals surface area contributed by atoms with Gasteiger partial charge in [0, 0.05) is 24.7 Å². The van der Waals surface area contributed by atoms with Gasteiger partial charge in [-0.25, -0.2) is 4.98 Å². The van der Waals surface area contributed by atoms with E-state index in [1.807, 2.05) is 0 Å². The van der Waals surface area contributed by atoms with Crippen molar-refractivity contribution in [3.05, 3.63) is 11.4 Å². The zero-order valence-electron chi connectivity index (χ0n) is 9.58. The van der Waals surface area contributed by atoms with Crippen LogP contribution < -0.4 is 5.32 Å². The topological polar surface area (TPSA) is 29.9 Å². The monoisotopic (exact) mass is 205 g/mol. The molecule has 2 aliphatic rings. The molecule has 82 valence electrons. The van der Waals surface area contributed by atoms with Crippen LogP contribution in [0.1, 0.15) is 44.0 Å². The maximum absolute atomic E-state index is 4.77. The van der Waals surface area contributed by atoms with Gasteiger partial charge in [0.2, 0.25) is 5.95 Å². The van der Waals surface area contributed by atoms with Crippen LogP contribution in [0.25, 0.3) is 0 Å². The minimum Gasteiger partial charge on any atom is -0.356 e. The lowest BCUT2D eigenvalue weighted by molar-refractivity contribution is 0.409. The molecule has 0 radical (unpaired) electrons. The highest BCUT2D eigenvalue weighted by molar-refractivity contribution is 5.38. The van der Waals surface area contributed by atoms with Crippen LogP contribution in [0.5, 0.6) is 0 Å². The Labute approximate surface area is 90.9 Å². The van der Waals surface area contributed by atoms with Crippen LogP contribution in [0.2, 0.25) is 0 Å². The van der Waals surface area contributed by atoms with E-state index >= 15 is 0 Å². The van der Waals surface area contributed by atoms with E-state index in [0.29, 0.717) is 5.92 Å². The molecular weight excluding hydrogens is 186 g/mol. The van der Waals surface area contributed by atoms with E-state index in [1.54, 1.807) is 0 Å². The summed E-state index contributed by atoms with van der Waals surface area (Å²) in [6.07, 6.45) is 3.77. The van der Waals surface area contributed by atoms with Crippen LogP contribution in [-0.2, 0) is 13.0 Å². The van der Waals surface area contributed by atoms with Crippen molar-refractivity contribution in [1.29, 1.82) is 0 Å². The van der Waals surface area contributed by atoms with Gasteiger partial charge < -0.3 is 9.88 Å². The minimum atomic E-state index is 0.633. The van der Waals surface area contributed by atoms with Gasteiger partial charge in [0.25, 0.3) is 0 Å². The summed E-state index contributed by atoms with van der Waals surface area (Å²) in [7, 11) is 0. The summed E-state index contributed by atoms with van der Waals surface area (Å²) >= 11 is 0. The molecule has 15 heavy (non-hydrogen) atoms. The third kappa shape index (κ3) is 1.29. The molecule has 0 bridgehead atoms. The Hall–Kier alpha value is -0.990. The molecule has 1 aliphatic heterocycles. The summed E-state index contributed by atoms with van der Waals surface area (Å²) in [4.78, 5) is 4.77. The van der Waals surface area contributed by atoms with Crippen molar-refractivity contribution in [2.75, 3.05) is 11.9 Å². The lowest BCUT2D eigenvalue weighted by Gasteiger charge is -2.26. The van der Waals surface area contributed by atoms with E-state index in [4.69, 9.17) is 4.98 Å². The van der Waals surface area contributed by atoms with Gasteiger partial charge in [-0.1, -0.05) is 13.8 Å². The van der Waals surface area contributed by atoms with Crippen LogP contribution in [-0.4, -0.2) is 16.1 Å². The van der Waals surface area contributed by atoms with Gasteiger partial charge in [0.05, 0.1) is 5.69 Å². The van der Waals surface area contributed by atoms with E-state index < -0.39 is 0 Å². The Bertz CT molecular complexity index is 380. The van der Waals surface area contributed by atoms with Crippen LogP contribution >= 0.6 is 0 Å². The maximum atomic E-state index is 4.77. The fraction of sp³-hybridized carbons (Fsp3) is 0.750. The van der Waals surface area contributed by atoms with Gasteiger partial charge in [-0.2, -0.15) is 0 Å². The van der Waals surface area contributed by atoms with Crippen molar-refractivity contribution in [1.82, 2.24) is 9.55 Å². The number of anilines is 1. The highest BCUT2D eigenvalue weighted by atomic mass is 15.2. The van der Waals surface area contributed by atoms with E-state index in [1.165, 1.54) is 30.7 Å². The Morgan fingerprint density at radius 2 is 2.27 bits per heavy atom. The summed E-state index contributed by atoms with van der Waals surface area (Å²) < 4.78 is 2.40. The van der Waals surface area contributed by atoms with Gasteiger partial charge in [-0.15, -0.1) is 0 Å². The van der Waals surface area contributed by atoms with Gasteiger partial charge >= 0.3 is 0 Å². The Balaban J connectivity index is 2.08. The number of hydrogen-bond acceptors (Lipinski definition) is 2. The first kappa shape index (κ1) is 9.25. The largest absolute Gasteiger partial charge is 0.356 e. The highest BCUT2D eigenvalue weighted by Crippen LogP contribution is 2.37. The number of fused-ring (bicyclic) bond motifs is 3.